The van der Waals surface area contributed by atoms with Crippen LogP contribution in [-0.4, -0.2) is 62.5 Å². The third kappa shape index (κ3) is 5.55. The average Bonchev–Trinajstić information content (AvgIpc) is 2.26. The van der Waals surface area contributed by atoms with E-state index >= 15 is 0 Å². The van der Waals surface area contributed by atoms with Gasteiger partial charge in [0.25, 0.3) is 0 Å². The Bertz CT molecular complexity index is 313. The summed E-state index contributed by atoms with van der Waals surface area (Å²) in [5.41, 5.74) is 0. The Hall–Kier alpha value is 0.160. The van der Waals surface area contributed by atoms with Crippen molar-refractivity contribution in [2.45, 2.75) is 19.8 Å². The Morgan fingerprint density at radius 1 is 1.18 bits per heavy atom. The molecule has 0 N–H and O–H groups in total. The van der Waals surface area contributed by atoms with E-state index in [4.69, 9.17) is 11.6 Å². The topological polar surface area (TPSA) is 40.6 Å². The van der Waals surface area contributed by atoms with Crippen molar-refractivity contribution in [1.29, 1.82) is 0 Å². The molecule has 0 amide bonds. The van der Waals surface area contributed by atoms with Crippen molar-refractivity contribution in [2.24, 2.45) is 5.92 Å². The van der Waals surface area contributed by atoms with E-state index < -0.39 is 10.0 Å². The number of hydrogen-bond donors (Lipinski definition) is 0. The first-order valence-corrected chi connectivity index (χ1v) is 8.55. The van der Waals surface area contributed by atoms with Crippen molar-refractivity contribution in [3.05, 3.63) is 0 Å². The summed E-state index contributed by atoms with van der Waals surface area (Å²) in [6.07, 6.45) is 3.49. The maximum atomic E-state index is 11.3. The fourth-order valence-electron chi connectivity index (χ4n) is 2.02. The molecular weight excluding hydrogens is 260 g/mol. The van der Waals surface area contributed by atoms with Gasteiger partial charge in [-0.2, -0.15) is 4.31 Å². The summed E-state index contributed by atoms with van der Waals surface area (Å²) in [6, 6.07) is 0. The van der Waals surface area contributed by atoms with Crippen molar-refractivity contribution >= 4 is 21.6 Å². The van der Waals surface area contributed by atoms with Gasteiger partial charge in [-0.15, -0.1) is 11.6 Å². The van der Waals surface area contributed by atoms with Crippen molar-refractivity contribution in [2.75, 3.05) is 44.9 Å². The lowest BCUT2D eigenvalue weighted by molar-refractivity contribution is 0.179. The Morgan fingerprint density at radius 2 is 1.76 bits per heavy atom. The molecule has 1 heterocycles. The molecule has 0 radical (unpaired) electrons. The highest BCUT2D eigenvalue weighted by Crippen LogP contribution is 2.12. The van der Waals surface area contributed by atoms with Gasteiger partial charge in [-0.05, 0) is 25.3 Å². The minimum atomic E-state index is -3.00. The lowest BCUT2D eigenvalue weighted by Crippen LogP contribution is -2.48. The number of hydrogen-bond acceptors (Lipinski definition) is 3. The summed E-state index contributed by atoms with van der Waals surface area (Å²) >= 11 is 5.70. The average molecular weight is 283 g/mol. The summed E-state index contributed by atoms with van der Waals surface area (Å²) in [4.78, 5) is 2.34. The smallest absolute Gasteiger partial charge is 0.211 e. The predicted molar refractivity (Wildman–Crippen MR) is 72.0 cm³/mol. The van der Waals surface area contributed by atoms with Crippen molar-refractivity contribution in [3.8, 4) is 0 Å². The highest BCUT2D eigenvalue weighted by Gasteiger charge is 2.23. The van der Waals surface area contributed by atoms with E-state index in [1.165, 1.54) is 6.26 Å². The molecule has 4 nitrogen and oxygen atoms in total. The Morgan fingerprint density at radius 3 is 2.24 bits per heavy atom. The molecular formula is C11H23ClN2O2S. The van der Waals surface area contributed by atoms with Crippen LogP contribution in [0.4, 0.5) is 0 Å². The summed E-state index contributed by atoms with van der Waals surface area (Å²) in [5, 5.41) is 0. The van der Waals surface area contributed by atoms with Gasteiger partial charge < -0.3 is 4.90 Å². The Kier molecular flexibility index (Phi) is 6.20. The fraction of sp³-hybridized carbons (Fsp3) is 1.00. The zero-order valence-electron chi connectivity index (χ0n) is 10.7. The van der Waals surface area contributed by atoms with E-state index in [1.807, 2.05) is 0 Å². The fourth-order valence-corrected chi connectivity index (χ4v) is 3.22. The standard InChI is InChI=1S/C11H23ClN2O2S/c1-11(3-5-12)4-6-13-7-9-14(10-8-13)17(2,15)16/h11H,3-10H2,1-2H3. The summed E-state index contributed by atoms with van der Waals surface area (Å²) in [6.45, 7) is 6.22. The van der Waals surface area contributed by atoms with Crippen LogP contribution in [0.2, 0.25) is 0 Å². The molecule has 1 aliphatic rings. The molecule has 1 fully saturated rings. The van der Waals surface area contributed by atoms with Gasteiger partial charge in [-0.25, -0.2) is 8.42 Å². The number of nitrogens with zero attached hydrogens (tertiary/aromatic N) is 2. The first kappa shape index (κ1) is 15.2. The van der Waals surface area contributed by atoms with Gasteiger partial charge in [-0.1, -0.05) is 6.92 Å². The number of halogens is 1. The molecule has 0 aromatic rings. The minimum absolute atomic E-state index is 0.628. The van der Waals surface area contributed by atoms with Crippen molar-refractivity contribution in [1.82, 2.24) is 9.21 Å². The van der Waals surface area contributed by atoms with Crippen LogP contribution < -0.4 is 0 Å². The highest BCUT2D eigenvalue weighted by atomic mass is 35.5. The molecule has 1 saturated heterocycles. The number of rotatable bonds is 6. The van der Waals surface area contributed by atoms with E-state index in [9.17, 15) is 8.42 Å². The first-order valence-electron chi connectivity index (χ1n) is 6.17. The van der Waals surface area contributed by atoms with Crippen molar-refractivity contribution in [3.63, 3.8) is 0 Å². The molecule has 0 aromatic heterocycles. The molecule has 1 atom stereocenters. The van der Waals surface area contributed by atoms with Gasteiger partial charge in [0.15, 0.2) is 0 Å². The zero-order chi connectivity index (χ0) is 12.9. The van der Waals surface area contributed by atoms with E-state index in [2.05, 4.69) is 11.8 Å². The van der Waals surface area contributed by atoms with Crippen LogP contribution in [0.15, 0.2) is 0 Å². The lowest BCUT2D eigenvalue weighted by atomic mass is 10.0. The maximum absolute atomic E-state index is 11.3. The van der Waals surface area contributed by atoms with Gasteiger partial charge in [0, 0.05) is 32.1 Å². The lowest BCUT2D eigenvalue weighted by Gasteiger charge is -2.33. The minimum Gasteiger partial charge on any atom is -0.301 e. The number of piperazine rings is 1. The second-order valence-electron chi connectivity index (χ2n) is 4.88. The first-order chi connectivity index (χ1) is 7.93. The Balaban J connectivity index is 2.24. The van der Waals surface area contributed by atoms with Gasteiger partial charge in [0.1, 0.15) is 0 Å². The van der Waals surface area contributed by atoms with Crippen LogP contribution in [0.5, 0.6) is 0 Å². The largest absolute Gasteiger partial charge is 0.301 e. The molecule has 102 valence electrons. The third-order valence-electron chi connectivity index (χ3n) is 3.34. The van der Waals surface area contributed by atoms with Crippen LogP contribution in [0.25, 0.3) is 0 Å². The molecule has 1 unspecified atom stereocenters. The normalized spacial score (nSPS) is 21.6. The van der Waals surface area contributed by atoms with E-state index in [0.29, 0.717) is 19.0 Å². The molecule has 0 saturated carbocycles. The monoisotopic (exact) mass is 282 g/mol. The van der Waals surface area contributed by atoms with Gasteiger partial charge in [0.2, 0.25) is 10.0 Å². The van der Waals surface area contributed by atoms with Gasteiger partial charge in [0.05, 0.1) is 6.26 Å². The molecule has 0 spiro atoms. The van der Waals surface area contributed by atoms with Crippen LogP contribution in [0.1, 0.15) is 19.8 Å². The molecule has 0 bridgehead atoms. The van der Waals surface area contributed by atoms with Crippen LogP contribution >= 0.6 is 11.6 Å². The quantitative estimate of drug-likeness (QED) is 0.688. The molecule has 6 heteroatoms. The molecule has 1 rings (SSSR count). The van der Waals surface area contributed by atoms with Crippen LogP contribution in [0.3, 0.4) is 0 Å². The van der Waals surface area contributed by atoms with Crippen LogP contribution in [-0.2, 0) is 10.0 Å². The summed E-state index contributed by atoms with van der Waals surface area (Å²) in [5.74, 6) is 1.38. The second kappa shape index (κ2) is 6.92. The van der Waals surface area contributed by atoms with E-state index in [0.717, 1.165) is 38.4 Å². The number of sulfonamides is 1. The molecule has 0 aromatic carbocycles. The zero-order valence-corrected chi connectivity index (χ0v) is 12.3. The van der Waals surface area contributed by atoms with E-state index in [1.54, 1.807) is 4.31 Å². The SMILES string of the molecule is CC(CCCl)CCN1CCN(S(C)(=O)=O)CC1. The van der Waals surface area contributed by atoms with Gasteiger partial charge in [-0.3, -0.25) is 0 Å². The summed E-state index contributed by atoms with van der Waals surface area (Å²) in [7, 11) is -3.00. The predicted octanol–water partition coefficient (Wildman–Crippen LogP) is 1.22. The highest BCUT2D eigenvalue weighted by molar-refractivity contribution is 7.88. The second-order valence-corrected chi connectivity index (χ2v) is 7.24. The van der Waals surface area contributed by atoms with E-state index in [-0.39, 0.29) is 0 Å². The maximum Gasteiger partial charge on any atom is 0.211 e. The molecule has 0 aliphatic carbocycles. The van der Waals surface area contributed by atoms with Gasteiger partial charge >= 0.3 is 0 Å². The third-order valence-corrected chi connectivity index (χ3v) is 4.86. The Labute approximate surface area is 110 Å². The summed E-state index contributed by atoms with van der Waals surface area (Å²) < 4.78 is 24.2. The van der Waals surface area contributed by atoms with Crippen molar-refractivity contribution < 1.29 is 8.42 Å². The number of alkyl halides is 1. The van der Waals surface area contributed by atoms with Crippen LogP contribution in [0, 0.1) is 5.92 Å². The molecule has 1 aliphatic heterocycles. The molecule has 17 heavy (non-hydrogen) atoms.